The van der Waals surface area contributed by atoms with Crippen molar-refractivity contribution in [2.75, 3.05) is 7.11 Å². The quantitative estimate of drug-likeness (QED) is 0.724. The Labute approximate surface area is 145 Å². The van der Waals surface area contributed by atoms with E-state index in [0.29, 0.717) is 17.2 Å². The smallest absolute Gasteiger partial charge is 0.336 e. The first-order chi connectivity index (χ1) is 11.6. The van der Waals surface area contributed by atoms with Crippen molar-refractivity contribution < 1.29 is 14.5 Å². The molecular formula is C19H19ClNO3+. The van der Waals surface area contributed by atoms with Gasteiger partial charge < -0.3 is 14.5 Å². The van der Waals surface area contributed by atoms with E-state index in [2.05, 4.69) is 11.4 Å². The molecule has 0 aliphatic rings. The maximum Gasteiger partial charge on any atom is 0.336 e. The fourth-order valence-corrected chi connectivity index (χ4v) is 2.87. The number of benzene rings is 2. The molecule has 0 fully saturated rings. The minimum absolute atomic E-state index is 0.339. The molecule has 24 heavy (non-hydrogen) atoms. The monoisotopic (exact) mass is 344 g/mol. The van der Waals surface area contributed by atoms with Crippen molar-refractivity contribution in [1.82, 2.24) is 0 Å². The largest absolute Gasteiger partial charge is 0.497 e. The van der Waals surface area contributed by atoms with Crippen LogP contribution < -0.4 is 15.7 Å². The number of hydrogen-bond donors (Lipinski definition) is 1. The van der Waals surface area contributed by atoms with Crippen LogP contribution in [-0.4, -0.2) is 7.11 Å². The number of hydrogen-bond acceptors (Lipinski definition) is 3. The van der Waals surface area contributed by atoms with Crippen molar-refractivity contribution in [3.8, 4) is 5.75 Å². The second-order valence-corrected chi connectivity index (χ2v) is 6.14. The molecule has 0 atom stereocenters. The summed E-state index contributed by atoms with van der Waals surface area (Å²) in [7, 11) is 1.66. The van der Waals surface area contributed by atoms with Crippen molar-refractivity contribution in [1.29, 1.82) is 0 Å². The van der Waals surface area contributed by atoms with E-state index in [9.17, 15) is 4.79 Å². The Bertz CT molecular complexity index is 934. The zero-order valence-electron chi connectivity index (χ0n) is 13.6. The molecule has 1 heterocycles. The van der Waals surface area contributed by atoms with Gasteiger partial charge in [0.25, 0.3) is 0 Å². The number of quaternary nitrogens is 1. The van der Waals surface area contributed by atoms with Gasteiger partial charge in [-0.2, -0.15) is 0 Å². The van der Waals surface area contributed by atoms with Gasteiger partial charge in [0.2, 0.25) is 0 Å². The normalized spacial score (nSPS) is 11.0. The Morgan fingerprint density at radius 3 is 2.79 bits per heavy atom. The summed E-state index contributed by atoms with van der Waals surface area (Å²) < 4.78 is 10.5. The van der Waals surface area contributed by atoms with Crippen LogP contribution in [0.4, 0.5) is 0 Å². The molecular weight excluding hydrogens is 326 g/mol. The lowest BCUT2D eigenvalue weighted by Crippen LogP contribution is -2.80. The van der Waals surface area contributed by atoms with E-state index in [1.807, 2.05) is 37.3 Å². The van der Waals surface area contributed by atoms with Crippen LogP contribution in [0.3, 0.4) is 0 Å². The molecule has 5 heteroatoms. The molecule has 0 saturated carbocycles. The van der Waals surface area contributed by atoms with Gasteiger partial charge in [0.1, 0.15) is 24.4 Å². The van der Waals surface area contributed by atoms with Crippen molar-refractivity contribution in [3.63, 3.8) is 0 Å². The van der Waals surface area contributed by atoms with E-state index in [1.165, 1.54) is 6.07 Å². The summed E-state index contributed by atoms with van der Waals surface area (Å²) in [4.78, 5) is 11.8. The van der Waals surface area contributed by atoms with E-state index in [1.54, 1.807) is 7.11 Å². The Hall–Kier alpha value is -2.30. The predicted molar refractivity (Wildman–Crippen MR) is 94.6 cm³/mol. The van der Waals surface area contributed by atoms with Crippen LogP contribution in [0.1, 0.15) is 16.7 Å². The SMILES string of the molecule is COc1cccc(C[NH2+]Cc2cc(=O)oc3cc(C)c(Cl)cc23)c1. The van der Waals surface area contributed by atoms with Gasteiger partial charge >= 0.3 is 5.63 Å². The molecule has 3 aromatic rings. The van der Waals surface area contributed by atoms with Gasteiger partial charge in [0.05, 0.1) is 7.11 Å². The molecule has 0 aliphatic heterocycles. The van der Waals surface area contributed by atoms with Crippen LogP contribution in [0.25, 0.3) is 11.0 Å². The number of rotatable bonds is 5. The topological polar surface area (TPSA) is 56.0 Å². The number of methoxy groups -OCH3 is 1. The summed E-state index contributed by atoms with van der Waals surface area (Å²) in [5.41, 5.74) is 3.22. The molecule has 0 radical (unpaired) electrons. The minimum Gasteiger partial charge on any atom is -0.497 e. The zero-order chi connectivity index (χ0) is 17.1. The third-order valence-electron chi connectivity index (χ3n) is 3.99. The molecule has 0 spiro atoms. The minimum atomic E-state index is -0.339. The van der Waals surface area contributed by atoms with Gasteiger partial charge in [-0.15, -0.1) is 0 Å². The summed E-state index contributed by atoms with van der Waals surface area (Å²) in [5.74, 6) is 0.842. The molecule has 0 aliphatic carbocycles. The van der Waals surface area contributed by atoms with Crippen LogP contribution >= 0.6 is 11.6 Å². The summed E-state index contributed by atoms with van der Waals surface area (Å²) in [6.45, 7) is 3.35. The van der Waals surface area contributed by atoms with Crippen molar-refractivity contribution in [2.45, 2.75) is 20.0 Å². The summed E-state index contributed by atoms with van der Waals surface area (Å²) in [6.07, 6.45) is 0. The van der Waals surface area contributed by atoms with Gasteiger partial charge in [0, 0.05) is 27.6 Å². The third-order valence-corrected chi connectivity index (χ3v) is 4.40. The fraction of sp³-hybridized carbons (Fsp3) is 0.211. The molecule has 124 valence electrons. The first-order valence-corrected chi connectivity index (χ1v) is 8.12. The van der Waals surface area contributed by atoms with Gasteiger partial charge in [-0.3, -0.25) is 0 Å². The van der Waals surface area contributed by atoms with Crippen molar-refractivity contribution in [3.05, 3.63) is 74.6 Å². The molecule has 0 bridgehead atoms. The lowest BCUT2D eigenvalue weighted by molar-refractivity contribution is -0.686. The number of fused-ring (bicyclic) bond motifs is 1. The lowest BCUT2D eigenvalue weighted by Gasteiger charge is -2.08. The van der Waals surface area contributed by atoms with Gasteiger partial charge in [0.15, 0.2) is 0 Å². The van der Waals surface area contributed by atoms with Crippen LogP contribution in [-0.2, 0) is 13.1 Å². The average Bonchev–Trinajstić information content (AvgIpc) is 2.56. The Balaban J connectivity index is 1.82. The highest BCUT2D eigenvalue weighted by molar-refractivity contribution is 6.32. The first-order valence-electron chi connectivity index (χ1n) is 7.74. The Morgan fingerprint density at radius 1 is 1.17 bits per heavy atom. The van der Waals surface area contributed by atoms with Gasteiger partial charge in [-0.1, -0.05) is 23.7 Å². The second kappa shape index (κ2) is 7.07. The summed E-state index contributed by atoms with van der Waals surface area (Å²) in [6, 6.07) is 13.2. The number of aryl methyl sites for hydroxylation is 1. The molecule has 2 aromatic carbocycles. The molecule has 0 unspecified atom stereocenters. The van der Waals surface area contributed by atoms with E-state index in [0.717, 1.165) is 34.4 Å². The molecule has 4 nitrogen and oxygen atoms in total. The van der Waals surface area contributed by atoms with E-state index < -0.39 is 0 Å². The molecule has 2 N–H and O–H groups in total. The third kappa shape index (κ3) is 3.61. The molecule has 3 rings (SSSR count). The van der Waals surface area contributed by atoms with Gasteiger partial charge in [-0.25, -0.2) is 4.79 Å². The van der Waals surface area contributed by atoms with Crippen LogP contribution in [0.15, 0.2) is 51.7 Å². The summed E-state index contributed by atoms with van der Waals surface area (Å²) >= 11 is 6.22. The van der Waals surface area contributed by atoms with E-state index in [-0.39, 0.29) is 5.63 Å². The average molecular weight is 345 g/mol. The zero-order valence-corrected chi connectivity index (χ0v) is 14.4. The highest BCUT2D eigenvalue weighted by Gasteiger charge is 2.10. The fourth-order valence-electron chi connectivity index (χ4n) is 2.71. The lowest BCUT2D eigenvalue weighted by atomic mass is 10.1. The van der Waals surface area contributed by atoms with Crippen LogP contribution in [0, 0.1) is 6.92 Å². The maximum atomic E-state index is 11.8. The van der Waals surface area contributed by atoms with Crippen LogP contribution in [0.5, 0.6) is 5.75 Å². The molecule has 1 aromatic heterocycles. The highest BCUT2D eigenvalue weighted by atomic mass is 35.5. The van der Waals surface area contributed by atoms with Crippen LogP contribution in [0.2, 0.25) is 5.02 Å². The molecule has 0 amide bonds. The second-order valence-electron chi connectivity index (χ2n) is 5.74. The first kappa shape index (κ1) is 16.6. The van der Waals surface area contributed by atoms with E-state index in [4.69, 9.17) is 20.8 Å². The Morgan fingerprint density at radius 2 is 2.00 bits per heavy atom. The number of halogens is 1. The number of ether oxygens (including phenoxy) is 1. The highest BCUT2D eigenvalue weighted by Crippen LogP contribution is 2.24. The number of nitrogens with two attached hydrogens (primary N) is 1. The predicted octanol–water partition coefficient (Wildman–Crippen LogP) is 3.03. The van der Waals surface area contributed by atoms with Crippen molar-refractivity contribution in [2.24, 2.45) is 0 Å². The summed E-state index contributed by atoms with van der Waals surface area (Å²) in [5, 5.41) is 3.69. The van der Waals surface area contributed by atoms with Gasteiger partial charge in [-0.05, 0) is 36.8 Å². The van der Waals surface area contributed by atoms with Crippen molar-refractivity contribution >= 4 is 22.6 Å². The van der Waals surface area contributed by atoms with E-state index >= 15 is 0 Å². The standard InChI is InChI=1S/C19H18ClNO3/c1-12-6-18-16(9-17(12)20)14(8-19(22)24-18)11-21-10-13-4-3-5-15(7-13)23-2/h3-9,21H,10-11H2,1-2H3/p+1. The molecule has 0 saturated heterocycles. The maximum absolute atomic E-state index is 11.8. The Kier molecular flexibility index (Phi) is 4.88.